The third-order valence-corrected chi connectivity index (χ3v) is 5.54. The first-order valence-electron chi connectivity index (χ1n) is 17.9. The van der Waals surface area contributed by atoms with Crippen molar-refractivity contribution in [2.45, 2.75) is 196 Å². The molecule has 0 aliphatic carbocycles. The van der Waals surface area contributed by atoms with Crippen molar-refractivity contribution in [2.24, 2.45) is 0 Å². The number of rotatable bonds is 10. The van der Waals surface area contributed by atoms with Crippen LogP contribution in [0.1, 0.15) is 150 Å². The molecule has 2 atom stereocenters. The minimum atomic E-state index is -1.35. The van der Waals surface area contributed by atoms with E-state index in [-0.39, 0.29) is 19.3 Å². The fraction of sp³-hybridized carbons (Fsp3) is 0.769. The number of allylic oxidation sites excluding steroid dienone is 1. The SMILES string of the molecule is C=CCC[C@@H](C(=O)OC(C)(C)C)N(C(=O)OC(C)(C)C)C(=O)OC(C)(C)C.CC(C)(C)OC(=O)[C@H](CCC=O)N(C(=O)OC(C)(C)C)C(=O)OC(C)(C)C. The summed E-state index contributed by atoms with van der Waals surface area (Å²) in [4.78, 5) is 88.3. The van der Waals surface area contributed by atoms with E-state index in [2.05, 4.69) is 6.58 Å². The van der Waals surface area contributed by atoms with Crippen LogP contribution in [-0.2, 0) is 42.8 Å². The number of aldehydes is 1. The fourth-order valence-corrected chi connectivity index (χ4v) is 3.85. The maximum absolute atomic E-state index is 12.7. The van der Waals surface area contributed by atoms with E-state index in [9.17, 15) is 33.6 Å². The Balaban J connectivity index is 0. The minimum Gasteiger partial charge on any atom is -0.458 e. The van der Waals surface area contributed by atoms with Crippen LogP contribution in [0, 0.1) is 0 Å². The summed E-state index contributed by atoms with van der Waals surface area (Å²) in [6, 6.07) is -2.54. The first-order chi connectivity index (χ1) is 23.9. The normalized spacial score (nSPS) is 13.4. The second-order valence-electron chi connectivity index (χ2n) is 18.4. The smallest absolute Gasteiger partial charge is 0.420 e. The number of amides is 4. The molecule has 0 aromatic heterocycles. The summed E-state index contributed by atoms with van der Waals surface area (Å²) in [7, 11) is 0. The molecule has 0 heterocycles. The van der Waals surface area contributed by atoms with Crippen molar-refractivity contribution in [3.05, 3.63) is 12.7 Å². The van der Waals surface area contributed by atoms with Gasteiger partial charge in [-0.05, 0) is 144 Å². The van der Waals surface area contributed by atoms with E-state index in [1.54, 1.807) is 131 Å². The number of carbonyl (C=O) groups excluding carboxylic acids is 7. The van der Waals surface area contributed by atoms with Gasteiger partial charge in [-0.3, -0.25) is 0 Å². The molecular weight excluding hydrogens is 704 g/mol. The molecule has 0 aromatic carbocycles. The van der Waals surface area contributed by atoms with E-state index in [1.165, 1.54) is 0 Å². The lowest BCUT2D eigenvalue weighted by Crippen LogP contribution is -2.53. The molecule has 0 saturated heterocycles. The lowest BCUT2D eigenvalue weighted by molar-refractivity contribution is -0.162. The average Bonchev–Trinajstić information content (AvgIpc) is 2.87. The molecule has 0 radical (unpaired) electrons. The van der Waals surface area contributed by atoms with Crippen LogP contribution in [0.5, 0.6) is 0 Å². The summed E-state index contributed by atoms with van der Waals surface area (Å²) < 4.78 is 31.9. The van der Waals surface area contributed by atoms with Crippen LogP contribution < -0.4 is 0 Å². The summed E-state index contributed by atoms with van der Waals surface area (Å²) in [5, 5.41) is 0. The van der Waals surface area contributed by atoms with Crippen LogP contribution in [-0.4, -0.2) is 98.1 Å². The van der Waals surface area contributed by atoms with Gasteiger partial charge in [-0.1, -0.05) is 6.08 Å². The van der Waals surface area contributed by atoms with Crippen LogP contribution in [0.2, 0.25) is 0 Å². The first-order valence-corrected chi connectivity index (χ1v) is 17.9. The summed E-state index contributed by atoms with van der Waals surface area (Å²) in [6.07, 6.45) is -1.42. The Labute approximate surface area is 322 Å². The molecule has 0 fully saturated rings. The standard InChI is InChI=1S/C20H35NO6.C19H33NO7/c1-11-12-13-14(15(22)25-18(2,3)4)21(16(23)26-19(5,6)7)17(24)27-20(8,9)10;1-17(2,3)25-14(22)13(11-10-12-21)20(15(23)26-18(4,5)6)16(24)27-19(7,8)9/h11,14H,1,12-13H2,2-10H3;12-13H,10-11H2,1-9H3/t14-;13-/m00/s1. The quantitative estimate of drug-likeness (QED) is 0.0891. The van der Waals surface area contributed by atoms with Crippen LogP contribution in [0.25, 0.3) is 0 Å². The van der Waals surface area contributed by atoms with Gasteiger partial charge in [0.25, 0.3) is 0 Å². The Morgan fingerprint density at radius 3 is 0.852 bits per heavy atom. The Kier molecular flexibility index (Phi) is 19.7. The van der Waals surface area contributed by atoms with E-state index in [4.69, 9.17) is 28.4 Å². The van der Waals surface area contributed by atoms with Crippen LogP contribution in [0.4, 0.5) is 19.2 Å². The van der Waals surface area contributed by atoms with Crippen LogP contribution in [0.3, 0.4) is 0 Å². The molecule has 312 valence electrons. The number of imide groups is 2. The highest BCUT2D eigenvalue weighted by atomic mass is 16.6. The number of nitrogens with zero attached hydrogens (tertiary/aromatic N) is 2. The second kappa shape index (κ2) is 20.5. The van der Waals surface area contributed by atoms with Crippen LogP contribution in [0.15, 0.2) is 12.7 Å². The highest BCUT2D eigenvalue weighted by molar-refractivity contribution is 5.95. The lowest BCUT2D eigenvalue weighted by Gasteiger charge is -2.33. The Morgan fingerprint density at radius 2 is 0.667 bits per heavy atom. The van der Waals surface area contributed by atoms with Crippen molar-refractivity contribution < 1.29 is 62.0 Å². The molecule has 15 nitrogen and oxygen atoms in total. The summed E-state index contributed by atoms with van der Waals surface area (Å²) >= 11 is 0. The third kappa shape index (κ3) is 24.2. The average molecular weight is 773 g/mol. The van der Waals surface area contributed by atoms with Crippen molar-refractivity contribution >= 4 is 42.6 Å². The van der Waals surface area contributed by atoms with Crippen LogP contribution >= 0.6 is 0 Å². The zero-order valence-electron chi connectivity index (χ0n) is 36.0. The van der Waals surface area contributed by atoms with Gasteiger partial charge in [0, 0.05) is 6.42 Å². The number of esters is 2. The molecule has 0 aliphatic rings. The first kappa shape index (κ1) is 51.9. The van der Waals surface area contributed by atoms with Crippen molar-refractivity contribution in [2.75, 3.05) is 0 Å². The zero-order valence-corrected chi connectivity index (χ0v) is 36.0. The minimum absolute atomic E-state index is 0.0496. The maximum atomic E-state index is 12.7. The predicted molar refractivity (Wildman–Crippen MR) is 203 cm³/mol. The molecule has 15 heteroatoms. The van der Waals surface area contributed by atoms with E-state index >= 15 is 0 Å². The van der Waals surface area contributed by atoms with E-state index in [0.29, 0.717) is 22.5 Å². The molecule has 0 N–H and O–H groups in total. The lowest BCUT2D eigenvalue weighted by atomic mass is 10.1. The van der Waals surface area contributed by atoms with Gasteiger partial charge in [0.2, 0.25) is 0 Å². The Bertz CT molecular complexity index is 1140. The predicted octanol–water partition coefficient (Wildman–Crippen LogP) is 8.68. The van der Waals surface area contributed by atoms with Gasteiger partial charge in [0.05, 0.1) is 0 Å². The molecule has 4 amide bonds. The van der Waals surface area contributed by atoms with E-state index in [1.807, 2.05) is 0 Å². The number of hydrogen-bond acceptors (Lipinski definition) is 13. The third-order valence-electron chi connectivity index (χ3n) is 5.54. The largest absolute Gasteiger partial charge is 0.458 e. The van der Waals surface area contributed by atoms with Crippen molar-refractivity contribution in [3.8, 4) is 0 Å². The molecule has 0 saturated carbocycles. The van der Waals surface area contributed by atoms with Crippen molar-refractivity contribution in [1.29, 1.82) is 0 Å². The topological polar surface area (TPSA) is 181 Å². The monoisotopic (exact) mass is 772 g/mol. The van der Waals surface area contributed by atoms with Gasteiger partial charge in [0.15, 0.2) is 0 Å². The molecule has 54 heavy (non-hydrogen) atoms. The van der Waals surface area contributed by atoms with Gasteiger partial charge < -0.3 is 33.2 Å². The van der Waals surface area contributed by atoms with Crippen molar-refractivity contribution in [3.63, 3.8) is 0 Å². The van der Waals surface area contributed by atoms with E-state index < -0.39 is 82.0 Å². The van der Waals surface area contributed by atoms with Gasteiger partial charge in [-0.15, -0.1) is 6.58 Å². The highest BCUT2D eigenvalue weighted by Crippen LogP contribution is 2.23. The maximum Gasteiger partial charge on any atom is 0.420 e. The summed E-state index contributed by atoms with van der Waals surface area (Å²) in [5.41, 5.74) is -5.13. The van der Waals surface area contributed by atoms with Crippen molar-refractivity contribution in [1.82, 2.24) is 9.80 Å². The van der Waals surface area contributed by atoms with E-state index in [0.717, 1.165) is 0 Å². The molecule has 0 bridgehead atoms. The second-order valence-corrected chi connectivity index (χ2v) is 18.4. The summed E-state index contributed by atoms with van der Waals surface area (Å²) in [6.45, 7) is 33.6. The van der Waals surface area contributed by atoms with Gasteiger partial charge in [0.1, 0.15) is 52.0 Å². The van der Waals surface area contributed by atoms with Gasteiger partial charge >= 0.3 is 36.3 Å². The molecular formula is C39H68N2O13. The molecule has 0 rings (SSSR count). The number of ether oxygens (including phenoxy) is 6. The molecule has 0 spiro atoms. The zero-order chi connectivity index (χ0) is 43.3. The summed E-state index contributed by atoms with van der Waals surface area (Å²) in [5.74, 6) is -1.53. The fourth-order valence-electron chi connectivity index (χ4n) is 3.85. The highest BCUT2D eigenvalue weighted by Gasteiger charge is 2.43. The Hall–Kier alpha value is -4.17. The molecule has 0 unspecified atom stereocenters. The van der Waals surface area contributed by atoms with Gasteiger partial charge in [-0.25, -0.2) is 28.8 Å². The number of carbonyl (C=O) groups is 7. The molecule has 0 aromatic rings. The Morgan fingerprint density at radius 1 is 0.444 bits per heavy atom. The number of hydrogen-bond donors (Lipinski definition) is 0. The molecule has 0 aliphatic heterocycles. The van der Waals surface area contributed by atoms with Gasteiger partial charge in [-0.2, -0.15) is 9.80 Å².